The fourth-order valence-electron chi connectivity index (χ4n) is 2.95. The van der Waals surface area contributed by atoms with E-state index in [1.165, 1.54) is 11.8 Å². The van der Waals surface area contributed by atoms with E-state index in [0.29, 0.717) is 17.9 Å². The number of carbonyl (C=O) groups is 3. The molecule has 1 aromatic carbocycles. The number of unbranched alkanes of at least 4 members (excludes halogenated alkanes) is 1. The highest BCUT2D eigenvalue weighted by molar-refractivity contribution is 6.08. The van der Waals surface area contributed by atoms with E-state index < -0.39 is 23.7 Å². The number of ether oxygens (including phenoxy) is 1. The van der Waals surface area contributed by atoms with E-state index in [2.05, 4.69) is 0 Å². The fourth-order valence-corrected chi connectivity index (χ4v) is 2.95. The maximum absolute atomic E-state index is 12.5. The third-order valence-electron chi connectivity index (χ3n) is 4.11. The summed E-state index contributed by atoms with van der Waals surface area (Å²) >= 11 is 0. The normalized spacial score (nSPS) is 17.2. The van der Waals surface area contributed by atoms with Crippen molar-refractivity contribution in [1.29, 1.82) is 0 Å². The van der Waals surface area contributed by atoms with Gasteiger partial charge in [0.2, 0.25) is 0 Å². The second-order valence-corrected chi connectivity index (χ2v) is 5.96. The Morgan fingerprint density at radius 2 is 2.00 bits per heavy atom. The van der Waals surface area contributed by atoms with E-state index in [4.69, 9.17) is 4.74 Å². The van der Waals surface area contributed by atoms with Gasteiger partial charge in [0.05, 0.1) is 11.6 Å². The second kappa shape index (κ2) is 7.96. The molecule has 0 aliphatic carbocycles. The zero-order chi connectivity index (χ0) is 18.6. The van der Waals surface area contributed by atoms with Crippen LogP contribution in [0.15, 0.2) is 35.6 Å². The van der Waals surface area contributed by atoms with Crippen LogP contribution in [-0.4, -0.2) is 34.2 Å². The molecule has 6 heteroatoms. The Kier molecular flexibility index (Phi) is 5.96. The maximum atomic E-state index is 12.5. The lowest BCUT2D eigenvalue weighted by Gasteiger charge is -2.27. The van der Waals surface area contributed by atoms with Gasteiger partial charge in [0.15, 0.2) is 11.5 Å². The van der Waals surface area contributed by atoms with Crippen LogP contribution in [0.1, 0.15) is 51.6 Å². The molecular weight excluding hydrogens is 322 g/mol. The van der Waals surface area contributed by atoms with E-state index in [9.17, 15) is 19.5 Å². The molecule has 0 radical (unpaired) electrons. The molecule has 0 fully saturated rings. The third kappa shape index (κ3) is 3.90. The molecule has 1 N–H and O–H groups in total. The van der Waals surface area contributed by atoms with Crippen molar-refractivity contribution in [2.24, 2.45) is 0 Å². The molecule has 1 aliphatic rings. The standard InChI is InChI=1S/C19H23NO5/c1-4-6-10-20-17(16(15(22)5-2)18(23)19(20)24)13-8-7-9-14(11-13)25-12(3)21/h7-9,11,17,23H,4-6,10H2,1-3H3. The molecule has 1 aliphatic heterocycles. The van der Waals surface area contributed by atoms with Gasteiger partial charge in [-0.2, -0.15) is 0 Å². The maximum Gasteiger partial charge on any atom is 0.308 e. The molecule has 25 heavy (non-hydrogen) atoms. The fraction of sp³-hybridized carbons (Fsp3) is 0.421. The quantitative estimate of drug-likeness (QED) is 0.606. The van der Waals surface area contributed by atoms with Gasteiger partial charge in [-0.3, -0.25) is 14.4 Å². The van der Waals surface area contributed by atoms with Crippen molar-refractivity contribution in [2.75, 3.05) is 6.54 Å². The van der Waals surface area contributed by atoms with Crippen LogP contribution in [0.5, 0.6) is 5.75 Å². The number of Topliss-reactive ketones (excluding diaryl/α,β-unsaturated/α-hetero) is 1. The van der Waals surface area contributed by atoms with Crippen LogP contribution in [0, 0.1) is 0 Å². The summed E-state index contributed by atoms with van der Waals surface area (Å²) in [5.74, 6) is -1.40. The van der Waals surface area contributed by atoms with Crippen molar-refractivity contribution in [1.82, 2.24) is 4.90 Å². The number of nitrogens with zero attached hydrogens (tertiary/aromatic N) is 1. The summed E-state index contributed by atoms with van der Waals surface area (Å²) in [6, 6.07) is 6.04. The van der Waals surface area contributed by atoms with Crippen molar-refractivity contribution < 1.29 is 24.2 Å². The smallest absolute Gasteiger partial charge is 0.308 e. The summed E-state index contributed by atoms with van der Waals surface area (Å²) in [6.45, 7) is 5.43. The molecule has 0 saturated carbocycles. The minimum absolute atomic E-state index is 0.114. The minimum Gasteiger partial charge on any atom is -0.503 e. The van der Waals surface area contributed by atoms with Crippen LogP contribution >= 0.6 is 0 Å². The van der Waals surface area contributed by atoms with Crippen molar-refractivity contribution in [3.05, 3.63) is 41.2 Å². The van der Waals surface area contributed by atoms with Crippen molar-refractivity contribution in [2.45, 2.75) is 46.1 Å². The lowest BCUT2D eigenvalue weighted by molar-refractivity contribution is -0.132. The number of ketones is 1. The van der Waals surface area contributed by atoms with E-state index >= 15 is 0 Å². The molecule has 0 spiro atoms. The van der Waals surface area contributed by atoms with E-state index in [1.807, 2.05) is 6.92 Å². The average Bonchev–Trinajstić information content (AvgIpc) is 2.83. The molecule has 134 valence electrons. The number of carbonyl (C=O) groups excluding carboxylic acids is 3. The molecule has 6 nitrogen and oxygen atoms in total. The SMILES string of the molecule is CCCCN1C(=O)C(O)=C(C(=O)CC)C1c1cccc(OC(C)=O)c1. The second-order valence-electron chi connectivity index (χ2n) is 5.96. The molecule has 2 rings (SSSR count). The molecule has 1 atom stereocenters. The van der Waals surface area contributed by atoms with Crippen LogP contribution < -0.4 is 4.74 Å². The highest BCUT2D eigenvalue weighted by Crippen LogP contribution is 2.39. The molecule has 1 unspecified atom stereocenters. The number of aliphatic hydroxyl groups excluding tert-OH is 1. The van der Waals surface area contributed by atoms with E-state index in [-0.39, 0.29) is 17.8 Å². The Labute approximate surface area is 147 Å². The summed E-state index contributed by atoms with van der Waals surface area (Å²) in [5, 5.41) is 10.3. The summed E-state index contributed by atoms with van der Waals surface area (Å²) < 4.78 is 5.10. The first-order chi connectivity index (χ1) is 11.9. The lowest BCUT2D eigenvalue weighted by atomic mass is 9.95. The largest absolute Gasteiger partial charge is 0.503 e. The first-order valence-electron chi connectivity index (χ1n) is 8.46. The molecule has 0 bridgehead atoms. The highest BCUT2D eigenvalue weighted by Gasteiger charge is 2.42. The predicted octanol–water partition coefficient (Wildman–Crippen LogP) is 3.09. The molecule has 1 heterocycles. The molecular formula is C19H23NO5. The monoisotopic (exact) mass is 345 g/mol. The Hall–Kier alpha value is -2.63. The van der Waals surface area contributed by atoms with Crippen molar-refractivity contribution in [3.8, 4) is 5.75 Å². The van der Waals surface area contributed by atoms with Crippen LogP contribution in [0.4, 0.5) is 0 Å². The van der Waals surface area contributed by atoms with Gasteiger partial charge < -0.3 is 14.7 Å². The highest BCUT2D eigenvalue weighted by atomic mass is 16.5. The van der Waals surface area contributed by atoms with Gasteiger partial charge >= 0.3 is 5.97 Å². The van der Waals surface area contributed by atoms with Gasteiger partial charge in [-0.1, -0.05) is 32.4 Å². The Morgan fingerprint density at radius 1 is 1.28 bits per heavy atom. The first kappa shape index (κ1) is 18.7. The number of rotatable bonds is 7. The Bertz CT molecular complexity index is 722. The number of hydrogen-bond acceptors (Lipinski definition) is 5. The summed E-state index contributed by atoms with van der Waals surface area (Å²) in [6.07, 6.45) is 1.82. The van der Waals surface area contributed by atoms with Gasteiger partial charge in [-0.05, 0) is 24.1 Å². The Morgan fingerprint density at radius 3 is 2.60 bits per heavy atom. The van der Waals surface area contributed by atoms with Gasteiger partial charge in [-0.25, -0.2) is 0 Å². The number of esters is 1. The van der Waals surface area contributed by atoms with E-state index in [1.54, 1.807) is 31.2 Å². The van der Waals surface area contributed by atoms with Crippen molar-refractivity contribution in [3.63, 3.8) is 0 Å². The number of hydrogen-bond donors (Lipinski definition) is 1. The van der Waals surface area contributed by atoms with Gasteiger partial charge in [0.1, 0.15) is 5.75 Å². The molecule has 0 aromatic heterocycles. The van der Waals surface area contributed by atoms with Gasteiger partial charge in [0, 0.05) is 19.9 Å². The van der Waals surface area contributed by atoms with Gasteiger partial charge in [-0.15, -0.1) is 0 Å². The van der Waals surface area contributed by atoms with Gasteiger partial charge in [0.25, 0.3) is 5.91 Å². The Balaban J connectivity index is 2.49. The molecule has 0 saturated heterocycles. The van der Waals surface area contributed by atoms with Crippen molar-refractivity contribution >= 4 is 17.7 Å². The zero-order valence-corrected chi connectivity index (χ0v) is 14.7. The lowest BCUT2D eigenvalue weighted by Crippen LogP contribution is -2.32. The number of aliphatic hydroxyl groups is 1. The predicted molar refractivity (Wildman–Crippen MR) is 92.1 cm³/mol. The summed E-state index contributed by atoms with van der Waals surface area (Å²) in [7, 11) is 0. The van der Waals surface area contributed by atoms with Crippen LogP contribution in [0.25, 0.3) is 0 Å². The van der Waals surface area contributed by atoms with Crippen LogP contribution in [0.3, 0.4) is 0 Å². The van der Waals surface area contributed by atoms with E-state index in [0.717, 1.165) is 12.8 Å². The van der Waals surface area contributed by atoms with Crippen LogP contribution in [0.2, 0.25) is 0 Å². The number of benzene rings is 1. The zero-order valence-electron chi connectivity index (χ0n) is 14.7. The summed E-state index contributed by atoms with van der Waals surface area (Å²) in [5.41, 5.74) is 0.743. The molecule has 1 aromatic rings. The van der Waals surface area contributed by atoms with Crippen LogP contribution in [-0.2, 0) is 14.4 Å². The third-order valence-corrected chi connectivity index (χ3v) is 4.11. The summed E-state index contributed by atoms with van der Waals surface area (Å²) in [4.78, 5) is 37.5. The topological polar surface area (TPSA) is 83.9 Å². The number of amides is 1. The first-order valence-corrected chi connectivity index (χ1v) is 8.46. The molecule has 1 amide bonds. The average molecular weight is 345 g/mol. The minimum atomic E-state index is -0.665.